The third-order valence-corrected chi connectivity index (χ3v) is 5.61. The van der Waals surface area contributed by atoms with E-state index in [2.05, 4.69) is 31.5 Å². The Labute approximate surface area is 176 Å². The minimum Gasteiger partial charge on any atom is -0.376 e. The van der Waals surface area contributed by atoms with Gasteiger partial charge in [-0.05, 0) is 58.1 Å². The van der Waals surface area contributed by atoms with Crippen molar-refractivity contribution in [3.63, 3.8) is 0 Å². The van der Waals surface area contributed by atoms with Gasteiger partial charge in [0.2, 0.25) is 0 Å². The number of nitrogens with zero attached hydrogens (tertiary/aromatic N) is 1. The number of amides is 2. The molecule has 1 aromatic carbocycles. The summed E-state index contributed by atoms with van der Waals surface area (Å²) in [7, 11) is 0. The van der Waals surface area contributed by atoms with E-state index >= 15 is 0 Å². The molecule has 3 rings (SSSR count). The number of rotatable bonds is 3. The van der Waals surface area contributed by atoms with Gasteiger partial charge in [-0.15, -0.1) is 0 Å². The Morgan fingerprint density at radius 2 is 2.07 bits per heavy atom. The first-order chi connectivity index (χ1) is 13.0. The highest BCUT2D eigenvalue weighted by Gasteiger charge is 2.58. The molecule has 1 aliphatic carbocycles. The first-order valence-electron chi connectivity index (χ1n) is 7.98. The molecule has 1 unspecified atom stereocenters. The molecule has 1 heterocycles. The molecule has 3 N–H and O–H groups in total. The summed E-state index contributed by atoms with van der Waals surface area (Å²) >= 11 is 15.5. The van der Waals surface area contributed by atoms with Gasteiger partial charge in [0, 0.05) is 10.7 Å². The standard InChI is InChI=1S/C17H13BrCl2F3N3O2/c18-8-1-2-9(24-6-8)7-25-15(27)26-14-12(19)5-11-10(13(14)20)3-4-16(11,28)17(21,22)23/h1-2,5-6,28H,3-4,7H2,(H2,25,26,27). The number of urea groups is 1. The van der Waals surface area contributed by atoms with Crippen LogP contribution in [0.15, 0.2) is 28.9 Å². The summed E-state index contributed by atoms with van der Waals surface area (Å²) in [5, 5.41) is 14.7. The van der Waals surface area contributed by atoms with Gasteiger partial charge in [-0.3, -0.25) is 4.98 Å². The van der Waals surface area contributed by atoms with E-state index in [9.17, 15) is 23.1 Å². The predicted octanol–water partition coefficient (Wildman–Crippen LogP) is 5.17. The number of benzene rings is 1. The number of pyridine rings is 1. The first kappa shape index (κ1) is 21.2. The van der Waals surface area contributed by atoms with Crippen molar-refractivity contribution in [2.45, 2.75) is 31.2 Å². The third-order valence-electron chi connectivity index (χ3n) is 4.43. The molecule has 1 atom stereocenters. The number of hydrogen-bond donors (Lipinski definition) is 3. The number of fused-ring (bicyclic) bond motifs is 1. The highest BCUT2D eigenvalue weighted by Crippen LogP contribution is 2.52. The quantitative estimate of drug-likeness (QED) is 0.546. The van der Waals surface area contributed by atoms with Crippen molar-refractivity contribution in [1.29, 1.82) is 0 Å². The Morgan fingerprint density at radius 1 is 1.36 bits per heavy atom. The van der Waals surface area contributed by atoms with Crippen molar-refractivity contribution in [1.82, 2.24) is 10.3 Å². The SMILES string of the molecule is O=C(NCc1ccc(Br)cn1)Nc1c(Cl)cc2c(c1Cl)CCC2(O)C(F)(F)F. The average Bonchev–Trinajstić information content (AvgIpc) is 2.96. The van der Waals surface area contributed by atoms with Crippen molar-refractivity contribution in [3.8, 4) is 0 Å². The molecule has 1 aliphatic rings. The van der Waals surface area contributed by atoms with Crippen molar-refractivity contribution in [2.75, 3.05) is 5.32 Å². The van der Waals surface area contributed by atoms with E-state index in [-0.39, 0.29) is 39.8 Å². The van der Waals surface area contributed by atoms with Crippen LogP contribution in [0.3, 0.4) is 0 Å². The molecule has 150 valence electrons. The van der Waals surface area contributed by atoms with Crippen LogP contribution in [0.2, 0.25) is 10.0 Å². The van der Waals surface area contributed by atoms with Crippen molar-refractivity contribution in [2.24, 2.45) is 0 Å². The third kappa shape index (κ3) is 3.94. The number of hydrogen-bond acceptors (Lipinski definition) is 3. The van der Waals surface area contributed by atoms with E-state index in [1.165, 1.54) is 0 Å². The Morgan fingerprint density at radius 3 is 2.68 bits per heavy atom. The van der Waals surface area contributed by atoms with E-state index in [4.69, 9.17) is 23.2 Å². The number of carbonyl (C=O) groups is 1. The van der Waals surface area contributed by atoms with Crippen LogP contribution in [0, 0.1) is 0 Å². The summed E-state index contributed by atoms with van der Waals surface area (Å²) in [5.41, 5.74) is -2.71. The van der Waals surface area contributed by atoms with Gasteiger partial charge in [0.25, 0.3) is 0 Å². The van der Waals surface area contributed by atoms with Crippen LogP contribution < -0.4 is 10.6 Å². The summed E-state index contributed by atoms with van der Waals surface area (Å²) in [6, 6.07) is 3.81. The zero-order chi connectivity index (χ0) is 20.7. The predicted molar refractivity (Wildman–Crippen MR) is 103 cm³/mol. The monoisotopic (exact) mass is 497 g/mol. The van der Waals surface area contributed by atoms with Crippen LogP contribution >= 0.6 is 39.1 Å². The lowest BCUT2D eigenvalue weighted by molar-refractivity contribution is -0.265. The van der Waals surface area contributed by atoms with E-state index in [0.717, 1.165) is 10.5 Å². The zero-order valence-corrected chi connectivity index (χ0v) is 17.1. The van der Waals surface area contributed by atoms with Crippen LogP contribution in [0.4, 0.5) is 23.7 Å². The number of aliphatic hydroxyl groups is 1. The maximum atomic E-state index is 13.3. The van der Waals surface area contributed by atoms with Crippen LogP contribution in [0.1, 0.15) is 23.2 Å². The summed E-state index contributed by atoms with van der Waals surface area (Å²) < 4.78 is 40.6. The lowest BCUT2D eigenvalue weighted by Gasteiger charge is -2.27. The molecule has 1 aromatic heterocycles. The Kier molecular flexibility index (Phi) is 5.82. The fraction of sp³-hybridized carbons (Fsp3) is 0.294. The molecular weight excluding hydrogens is 486 g/mol. The number of alkyl halides is 3. The van der Waals surface area contributed by atoms with Crippen LogP contribution in [0.25, 0.3) is 0 Å². The molecule has 0 aliphatic heterocycles. The van der Waals surface area contributed by atoms with Gasteiger partial charge in [-0.25, -0.2) is 4.79 Å². The number of nitrogens with one attached hydrogen (secondary N) is 2. The summed E-state index contributed by atoms with van der Waals surface area (Å²) in [4.78, 5) is 16.2. The molecule has 0 bridgehead atoms. The first-order valence-corrected chi connectivity index (χ1v) is 9.53. The second-order valence-electron chi connectivity index (χ2n) is 6.21. The topological polar surface area (TPSA) is 74.2 Å². The Bertz CT molecular complexity index is 925. The van der Waals surface area contributed by atoms with Gasteiger partial charge >= 0.3 is 12.2 Å². The second kappa shape index (κ2) is 7.70. The molecule has 0 saturated carbocycles. The summed E-state index contributed by atoms with van der Waals surface area (Å²) in [5.74, 6) is 0. The van der Waals surface area contributed by atoms with E-state index in [1.807, 2.05) is 0 Å². The molecule has 28 heavy (non-hydrogen) atoms. The smallest absolute Gasteiger partial charge is 0.376 e. The van der Waals surface area contributed by atoms with Crippen molar-refractivity contribution >= 4 is 50.9 Å². The highest BCUT2D eigenvalue weighted by atomic mass is 79.9. The van der Waals surface area contributed by atoms with E-state index in [1.54, 1.807) is 18.3 Å². The van der Waals surface area contributed by atoms with Crippen molar-refractivity contribution in [3.05, 3.63) is 55.7 Å². The summed E-state index contributed by atoms with van der Waals surface area (Å²) in [6.45, 7) is 0.118. The van der Waals surface area contributed by atoms with Crippen LogP contribution in [-0.4, -0.2) is 22.3 Å². The Balaban J connectivity index is 1.78. The average molecular weight is 499 g/mol. The fourth-order valence-electron chi connectivity index (χ4n) is 2.96. The normalized spacial score (nSPS) is 18.7. The minimum absolute atomic E-state index is 0.0187. The van der Waals surface area contributed by atoms with Gasteiger partial charge < -0.3 is 15.7 Å². The largest absolute Gasteiger partial charge is 0.421 e. The maximum Gasteiger partial charge on any atom is 0.421 e. The zero-order valence-electron chi connectivity index (χ0n) is 14.0. The van der Waals surface area contributed by atoms with Crippen LogP contribution in [0.5, 0.6) is 0 Å². The molecule has 2 amide bonds. The molecule has 5 nitrogen and oxygen atoms in total. The number of anilines is 1. The molecular formula is C17H13BrCl2F3N3O2. The maximum absolute atomic E-state index is 13.3. The minimum atomic E-state index is -4.87. The molecule has 0 fully saturated rings. The lowest BCUT2D eigenvalue weighted by Crippen LogP contribution is -2.40. The Hall–Kier alpha value is -1.55. The number of halogens is 6. The molecule has 11 heteroatoms. The van der Waals surface area contributed by atoms with Crippen LogP contribution in [-0.2, 0) is 18.6 Å². The van der Waals surface area contributed by atoms with Gasteiger partial charge in [0.05, 0.1) is 28.0 Å². The molecule has 0 radical (unpaired) electrons. The number of aromatic nitrogens is 1. The fourth-order valence-corrected chi connectivity index (χ4v) is 3.84. The van der Waals surface area contributed by atoms with Gasteiger partial charge in [0.1, 0.15) is 0 Å². The number of carbonyl (C=O) groups excluding carboxylic acids is 1. The van der Waals surface area contributed by atoms with Gasteiger partial charge in [0.15, 0.2) is 5.60 Å². The highest BCUT2D eigenvalue weighted by molar-refractivity contribution is 9.10. The van der Waals surface area contributed by atoms with Gasteiger partial charge in [-0.2, -0.15) is 13.2 Å². The lowest BCUT2D eigenvalue weighted by atomic mass is 9.95. The summed E-state index contributed by atoms with van der Waals surface area (Å²) in [6.07, 6.45) is -3.95. The van der Waals surface area contributed by atoms with Gasteiger partial charge in [-0.1, -0.05) is 23.2 Å². The van der Waals surface area contributed by atoms with E-state index < -0.39 is 24.2 Å². The molecule has 0 spiro atoms. The van der Waals surface area contributed by atoms with Crippen molar-refractivity contribution < 1.29 is 23.1 Å². The molecule has 0 saturated heterocycles. The van der Waals surface area contributed by atoms with E-state index in [0.29, 0.717) is 5.69 Å². The molecule has 2 aromatic rings. The second-order valence-corrected chi connectivity index (χ2v) is 7.91.